The lowest BCUT2D eigenvalue weighted by Gasteiger charge is -2.11. The summed E-state index contributed by atoms with van der Waals surface area (Å²) in [5.41, 5.74) is 4.08. The molecule has 1 aromatic heterocycles. The van der Waals surface area contributed by atoms with Gasteiger partial charge >= 0.3 is 0 Å². The van der Waals surface area contributed by atoms with Gasteiger partial charge in [-0.2, -0.15) is 0 Å². The highest BCUT2D eigenvalue weighted by atomic mass is 15.0. The molecule has 0 saturated heterocycles. The first kappa shape index (κ1) is 9.71. The lowest BCUT2D eigenvalue weighted by atomic mass is 10.1. The van der Waals surface area contributed by atoms with Crippen molar-refractivity contribution in [2.75, 3.05) is 0 Å². The first-order valence-corrected chi connectivity index (χ1v) is 6.06. The van der Waals surface area contributed by atoms with Crippen LogP contribution in [0.15, 0.2) is 42.5 Å². The summed E-state index contributed by atoms with van der Waals surface area (Å²) >= 11 is 0. The van der Waals surface area contributed by atoms with Crippen LogP contribution in [-0.4, -0.2) is 4.57 Å². The summed E-state index contributed by atoms with van der Waals surface area (Å²) in [4.78, 5) is 0. The number of aryl methyl sites for hydroxylation is 1. The quantitative estimate of drug-likeness (QED) is 0.726. The molecule has 0 atom stereocenters. The smallest absolute Gasteiger partial charge is 0.0482 e. The van der Waals surface area contributed by atoms with Crippen molar-refractivity contribution in [1.82, 2.24) is 4.57 Å². The highest BCUT2D eigenvalue weighted by Gasteiger charge is 2.23. The van der Waals surface area contributed by atoms with Gasteiger partial charge in [-0.15, -0.1) is 0 Å². The van der Waals surface area contributed by atoms with Crippen molar-refractivity contribution < 1.29 is 0 Å². The van der Waals surface area contributed by atoms with Gasteiger partial charge in [-0.1, -0.05) is 30.3 Å². The van der Waals surface area contributed by atoms with Crippen LogP contribution in [0.2, 0.25) is 0 Å². The van der Waals surface area contributed by atoms with Crippen molar-refractivity contribution in [2.45, 2.75) is 26.3 Å². The van der Waals surface area contributed by atoms with Crippen LogP contribution in [0.25, 0.3) is 11.3 Å². The minimum Gasteiger partial charge on any atom is -0.345 e. The molecule has 1 saturated carbocycles. The van der Waals surface area contributed by atoms with Crippen molar-refractivity contribution in [1.29, 1.82) is 0 Å². The van der Waals surface area contributed by atoms with Gasteiger partial charge in [0, 0.05) is 17.9 Å². The Morgan fingerprint density at radius 1 is 1.06 bits per heavy atom. The van der Waals surface area contributed by atoms with Crippen LogP contribution in [0.4, 0.5) is 0 Å². The van der Waals surface area contributed by atoms with Gasteiger partial charge in [0.1, 0.15) is 0 Å². The van der Waals surface area contributed by atoms with Gasteiger partial charge in [0.2, 0.25) is 0 Å². The summed E-state index contributed by atoms with van der Waals surface area (Å²) in [7, 11) is 0. The Hall–Kier alpha value is -1.50. The van der Waals surface area contributed by atoms with Crippen molar-refractivity contribution >= 4 is 0 Å². The van der Waals surface area contributed by atoms with Gasteiger partial charge in [-0.3, -0.25) is 0 Å². The molecule has 1 heterocycles. The van der Waals surface area contributed by atoms with E-state index in [-0.39, 0.29) is 0 Å². The second-order valence-electron chi connectivity index (χ2n) is 4.78. The largest absolute Gasteiger partial charge is 0.345 e. The third kappa shape index (κ3) is 1.78. The van der Waals surface area contributed by atoms with Gasteiger partial charge in [-0.25, -0.2) is 0 Å². The molecule has 1 aliphatic carbocycles. The molecule has 0 amide bonds. The molecule has 1 aromatic carbocycles. The van der Waals surface area contributed by atoms with E-state index in [4.69, 9.17) is 0 Å². The van der Waals surface area contributed by atoms with E-state index in [1.54, 1.807) is 0 Å². The predicted octanol–water partition coefficient (Wildman–Crippen LogP) is 3.87. The fraction of sp³-hybridized carbons (Fsp3) is 0.333. The molecule has 0 N–H and O–H groups in total. The number of nitrogens with zero attached hydrogens (tertiary/aromatic N) is 1. The van der Waals surface area contributed by atoms with Gasteiger partial charge in [-0.05, 0) is 43.4 Å². The summed E-state index contributed by atoms with van der Waals surface area (Å²) in [6, 6.07) is 15.1. The van der Waals surface area contributed by atoms with Crippen LogP contribution >= 0.6 is 0 Å². The second kappa shape index (κ2) is 3.82. The Labute approximate surface area is 96.7 Å². The maximum absolute atomic E-state index is 2.47. The van der Waals surface area contributed by atoms with Crippen LogP contribution in [0, 0.1) is 12.8 Å². The Morgan fingerprint density at radius 2 is 1.81 bits per heavy atom. The van der Waals surface area contributed by atoms with E-state index in [1.807, 2.05) is 0 Å². The zero-order chi connectivity index (χ0) is 11.0. The van der Waals surface area contributed by atoms with Crippen molar-refractivity contribution in [3.8, 4) is 11.3 Å². The van der Waals surface area contributed by atoms with E-state index in [0.29, 0.717) is 0 Å². The zero-order valence-corrected chi connectivity index (χ0v) is 9.69. The Kier molecular flexibility index (Phi) is 2.32. The molecule has 0 aliphatic heterocycles. The Morgan fingerprint density at radius 3 is 2.50 bits per heavy atom. The Balaban J connectivity index is 2.00. The molecule has 1 nitrogen and oxygen atoms in total. The van der Waals surface area contributed by atoms with Gasteiger partial charge < -0.3 is 4.57 Å². The molecule has 16 heavy (non-hydrogen) atoms. The molecular formula is C15H17N. The van der Waals surface area contributed by atoms with Crippen LogP contribution < -0.4 is 0 Å². The lowest BCUT2D eigenvalue weighted by molar-refractivity contribution is 0.622. The molecule has 82 valence electrons. The Bertz CT molecular complexity index is 477. The molecule has 1 aliphatic rings. The third-order valence-corrected chi connectivity index (χ3v) is 3.41. The first-order chi connectivity index (χ1) is 7.84. The van der Waals surface area contributed by atoms with Crippen LogP contribution in [0.5, 0.6) is 0 Å². The minimum absolute atomic E-state index is 0.925. The molecular weight excluding hydrogens is 194 g/mol. The zero-order valence-electron chi connectivity index (χ0n) is 9.69. The maximum Gasteiger partial charge on any atom is 0.0482 e. The molecule has 0 spiro atoms. The fourth-order valence-corrected chi connectivity index (χ4v) is 2.23. The minimum atomic E-state index is 0.925. The van der Waals surface area contributed by atoms with E-state index in [9.17, 15) is 0 Å². The first-order valence-electron chi connectivity index (χ1n) is 6.06. The topological polar surface area (TPSA) is 4.93 Å². The summed E-state index contributed by atoms with van der Waals surface area (Å²) in [6.45, 7) is 3.40. The summed E-state index contributed by atoms with van der Waals surface area (Å²) in [5, 5.41) is 0. The van der Waals surface area contributed by atoms with E-state index < -0.39 is 0 Å². The van der Waals surface area contributed by atoms with E-state index in [2.05, 4.69) is 54.0 Å². The summed E-state index contributed by atoms with van der Waals surface area (Å²) in [5.74, 6) is 0.925. The van der Waals surface area contributed by atoms with Crippen LogP contribution in [0.1, 0.15) is 18.5 Å². The fourth-order valence-electron chi connectivity index (χ4n) is 2.23. The average molecular weight is 211 g/mol. The van der Waals surface area contributed by atoms with Crippen molar-refractivity contribution in [3.05, 3.63) is 48.2 Å². The summed E-state index contributed by atoms with van der Waals surface area (Å²) in [6.07, 6.45) is 2.82. The lowest BCUT2D eigenvalue weighted by Crippen LogP contribution is -2.03. The van der Waals surface area contributed by atoms with Gasteiger partial charge in [0.25, 0.3) is 0 Å². The average Bonchev–Trinajstić information content (AvgIpc) is 3.06. The molecule has 0 radical (unpaired) electrons. The predicted molar refractivity (Wildman–Crippen MR) is 67.3 cm³/mol. The number of aromatic nitrogens is 1. The number of benzene rings is 1. The van der Waals surface area contributed by atoms with Crippen LogP contribution in [0.3, 0.4) is 0 Å². The normalized spacial score (nSPS) is 15.3. The molecule has 3 rings (SSSR count). The number of hydrogen-bond donors (Lipinski definition) is 0. The second-order valence-corrected chi connectivity index (χ2v) is 4.78. The molecule has 0 unspecified atom stereocenters. The van der Waals surface area contributed by atoms with Crippen molar-refractivity contribution in [3.63, 3.8) is 0 Å². The maximum atomic E-state index is 2.47. The highest BCUT2D eigenvalue weighted by Crippen LogP contribution is 2.33. The molecule has 0 bridgehead atoms. The number of hydrogen-bond acceptors (Lipinski definition) is 0. The van der Waals surface area contributed by atoms with Gasteiger partial charge in [0.05, 0.1) is 0 Å². The van der Waals surface area contributed by atoms with E-state index in [1.165, 1.54) is 36.3 Å². The molecule has 1 heteroatoms. The molecule has 1 fully saturated rings. The van der Waals surface area contributed by atoms with E-state index >= 15 is 0 Å². The monoisotopic (exact) mass is 211 g/mol. The summed E-state index contributed by atoms with van der Waals surface area (Å²) < 4.78 is 2.47. The third-order valence-electron chi connectivity index (χ3n) is 3.41. The van der Waals surface area contributed by atoms with Gasteiger partial charge in [0.15, 0.2) is 0 Å². The van der Waals surface area contributed by atoms with E-state index in [0.717, 1.165) is 5.92 Å². The highest BCUT2D eigenvalue weighted by molar-refractivity contribution is 5.60. The molecule has 2 aromatic rings. The number of rotatable bonds is 3. The standard InChI is InChI=1S/C15H17N/c1-12-7-10-15(14-5-3-2-4-6-14)16(12)11-13-8-9-13/h2-7,10,13H,8-9,11H2,1H3. The van der Waals surface area contributed by atoms with Crippen LogP contribution in [-0.2, 0) is 6.54 Å². The van der Waals surface area contributed by atoms with Crippen molar-refractivity contribution in [2.24, 2.45) is 5.92 Å². The SMILES string of the molecule is Cc1ccc(-c2ccccc2)n1CC1CC1.